The van der Waals surface area contributed by atoms with E-state index in [2.05, 4.69) is 32.3 Å². The second-order valence-electron chi connectivity index (χ2n) is 4.51. The van der Waals surface area contributed by atoms with Crippen LogP contribution in [0, 0.1) is 5.82 Å². The second-order valence-corrected chi connectivity index (χ2v) is 5.42. The fraction of sp³-hybridized carbons (Fsp3) is 0.0625. The van der Waals surface area contributed by atoms with E-state index >= 15 is 0 Å². The third-order valence-electron chi connectivity index (χ3n) is 3.08. The van der Waals surface area contributed by atoms with Crippen LogP contribution in [0.1, 0.15) is 5.56 Å². The second kappa shape index (κ2) is 5.59. The summed E-state index contributed by atoms with van der Waals surface area (Å²) in [5.41, 5.74) is 2.54. The van der Waals surface area contributed by atoms with Crippen molar-refractivity contribution in [2.75, 3.05) is 5.32 Å². The molecule has 0 saturated heterocycles. The van der Waals surface area contributed by atoms with E-state index in [-0.39, 0.29) is 5.82 Å². The molecule has 3 aromatic rings. The standard InChI is InChI=1S/C16H12BrFN2/c17-13-4-5-14(18)16(9-13)20-10-11-3-6-15-12(8-11)2-1-7-19-15/h1-9,20H,10H2. The van der Waals surface area contributed by atoms with E-state index in [1.54, 1.807) is 18.3 Å². The number of nitrogens with one attached hydrogen (secondary N) is 1. The Labute approximate surface area is 124 Å². The molecular formula is C16H12BrFN2. The summed E-state index contributed by atoms with van der Waals surface area (Å²) in [5, 5.41) is 4.19. The molecule has 1 N–H and O–H groups in total. The SMILES string of the molecule is Fc1ccc(Br)cc1NCc1ccc2ncccc2c1. The van der Waals surface area contributed by atoms with Crippen molar-refractivity contribution in [3.63, 3.8) is 0 Å². The molecule has 0 radical (unpaired) electrons. The van der Waals surface area contributed by atoms with Crippen molar-refractivity contribution < 1.29 is 4.39 Å². The number of hydrogen-bond donors (Lipinski definition) is 1. The topological polar surface area (TPSA) is 24.9 Å². The molecular weight excluding hydrogens is 319 g/mol. The molecule has 0 aliphatic carbocycles. The van der Waals surface area contributed by atoms with E-state index in [1.165, 1.54) is 6.07 Å². The number of pyridine rings is 1. The monoisotopic (exact) mass is 330 g/mol. The fourth-order valence-electron chi connectivity index (χ4n) is 2.07. The molecule has 100 valence electrons. The predicted molar refractivity (Wildman–Crippen MR) is 83.2 cm³/mol. The first kappa shape index (κ1) is 13.1. The van der Waals surface area contributed by atoms with Gasteiger partial charge in [0.25, 0.3) is 0 Å². The van der Waals surface area contributed by atoms with Gasteiger partial charge in [0.05, 0.1) is 11.2 Å². The van der Waals surface area contributed by atoms with Gasteiger partial charge in [-0.2, -0.15) is 0 Å². The van der Waals surface area contributed by atoms with Gasteiger partial charge in [0.2, 0.25) is 0 Å². The Bertz CT molecular complexity index is 758. The Morgan fingerprint density at radius 3 is 2.90 bits per heavy atom. The van der Waals surface area contributed by atoms with Crippen molar-refractivity contribution in [1.29, 1.82) is 0 Å². The van der Waals surface area contributed by atoms with Crippen LogP contribution in [-0.2, 0) is 6.54 Å². The molecule has 0 aliphatic heterocycles. The van der Waals surface area contributed by atoms with Gasteiger partial charge in [0.15, 0.2) is 0 Å². The van der Waals surface area contributed by atoms with Gasteiger partial charge < -0.3 is 5.32 Å². The summed E-state index contributed by atoms with van der Waals surface area (Å²) >= 11 is 3.34. The smallest absolute Gasteiger partial charge is 0.146 e. The summed E-state index contributed by atoms with van der Waals surface area (Å²) < 4.78 is 14.5. The third kappa shape index (κ3) is 2.80. The molecule has 3 rings (SSSR count). The molecule has 0 atom stereocenters. The normalized spacial score (nSPS) is 10.7. The molecule has 0 fully saturated rings. The van der Waals surface area contributed by atoms with Crippen LogP contribution in [0.4, 0.5) is 10.1 Å². The minimum absolute atomic E-state index is 0.254. The Kier molecular flexibility index (Phi) is 3.65. The molecule has 20 heavy (non-hydrogen) atoms. The molecule has 0 saturated carbocycles. The molecule has 1 aromatic heterocycles. The van der Waals surface area contributed by atoms with Gasteiger partial charge in [-0.25, -0.2) is 4.39 Å². The van der Waals surface area contributed by atoms with Crippen molar-refractivity contribution in [3.05, 3.63) is 70.6 Å². The quantitative estimate of drug-likeness (QED) is 0.749. The molecule has 0 amide bonds. The first-order chi connectivity index (χ1) is 9.72. The molecule has 0 aliphatic rings. The highest BCUT2D eigenvalue weighted by molar-refractivity contribution is 9.10. The van der Waals surface area contributed by atoms with E-state index in [4.69, 9.17) is 0 Å². The lowest BCUT2D eigenvalue weighted by Gasteiger charge is -2.09. The van der Waals surface area contributed by atoms with E-state index in [0.29, 0.717) is 12.2 Å². The molecule has 1 heterocycles. The number of halogens is 2. The van der Waals surface area contributed by atoms with Gasteiger partial charge in [0, 0.05) is 22.6 Å². The van der Waals surface area contributed by atoms with Crippen LogP contribution in [0.25, 0.3) is 10.9 Å². The van der Waals surface area contributed by atoms with Gasteiger partial charge in [-0.3, -0.25) is 4.98 Å². The largest absolute Gasteiger partial charge is 0.379 e. The highest BCUT2D eigenvalue weighted by Gasteiger charge is 2.03. The van der Waals surface area contributed by atoms with Gasteiger partial charge in [-0.05, 0) is 42.0 Å². The summed E-state index contributed by atoms with van der Waals surface area (Å²) in [6, 6.07) is 14.8. The van der Waals surface area contributed by atoms with E-state index in [9.17, 15) is 4.39 Å². The van der Waals surface area contributed by atoms with Crippen LogP contribution in [0.3, 0.4) is 0 Å². The van der Waals surface area contributed by atoms with Crippen molar-refractivity contribution in [1.82, 2.24) is 4.98 Å². The number of nitrogens with zero attached hydrogens (tertiary/aromatic N) is 1. The maximum absolute atomic E-state index is 13.6. The van der Waals surface area contributed by atoms with Crippen LogP contribution in [0.2, 0.25) is 0 Å². The number of rotatable bonds is 3. The lowest BCUT2D eigenvalue weighted by Crippen LogP contribution is -2.01. The van der Waals surface area contributed by atoms with E-state index in [0.717, 1.165) is 20.9 Å². The summed E-state index contributed by atoms with van der Waals surface area (Å²) in [6.45, 7) is 0.568. The van der Waals surface area contributed by atoms with Crippen LogP contribution in [0.15, 0.2) is 59.2 Å². The lowest BCUT2D eigenvalue weighted by molar-refractivity contribution is 0.630. The average molecular weight is 331 g/mol. The highest BCUT2D eigenvalue weighted by Crippen LogP contribution is 2.21. The van der Waals surface area contributed by atoms with Crippen LogP contribution in [0.5, 0.6) is 0 Å². The summed E-state index contributed by atoms with van der Waals surface area (Å²) in [4.78, 5) is 4.28. The zero-order chi connectivity index (χ0) is 13.9. The molecule has 0 bridgehead atoms. The Balaban J connectivity index is 1.81. The van der Waals surface area contributed by atoms with Gasteiger partial charge >= 0.3 is 0 Å². The average Bonchev–Trinajstić information content (AvgIpc) is 2.48. The van der Waals surface area contributed by atoms with E-state index in [1.807, 2.05) is 24.3 Å². The lowest BCUT2D eigenvalue weighted by atomic mass is 10.1. The summed E-state index contributed by atoms with van der Waals surface area (Å²) in [6.07, 6.45) is 1.77. The number of benzene rings is 2. The maximum Gasteiger partial charge on any atom is 0.146 e. The van der Waals surface area contributed by atoms with Crippen LogP contribution in [-0.4, -0.2) is 4.98 Å². The Hall–Kier alpha value is -1.94. The number of anilines is 1. The number of aromatic nitrogens is 1. The molecule has 2 aromatic carbocycles. The molecule has 2 nitrogen and oxygen atoms in total. The van der Waals surface area contributed by atoms with Gasteiger partial charge in [-0.15, -0.1) is 0 Å². The fourth-order valence-corrected chi connectivity index (χ4v) is 2.43. The first-order valence-corrected chi connectivity index (χ1v) is 7.04. The highest BCUT2D eigenvalue weighted by atomic mass is 79.9. The van der Waals surface area contributed by atoms with Crippen LogP contribution >= 0.6 is 15.9 Å². The molecule has 0 unspecified atom stereocenters. The zero-order valence-electron chi connectivity index (χ0n) is 10.6. The number of fused-ring (bicyclic) bond motifs is 1. The molecule has 4 heteroatoms. The van der Waals surface area contributed by atoms with E-state index < -0.39 is 0 Å². The Morgan fingerprint density at radius 1 is 1.10 bits per heavy atom. The summed E-state index contributed by atoms with van der Waals surface area (Å²) in [7, 11) is 0. The minimum Gasteiger partial charge on any atom is -0.379 e. The Morgan fingerprint density at radius 2 is 2.00 bits per heavy atom. The van der Waals surface area contributed by atoms with Gasteiger partial charge in [-0.1, -0.05) is 28.1 Å². The number of hydrogen-bond acceptors (Lipinski definition) is 2. The van der Waals surface area contributed by atoms with Crippen molar-refractivity contribution in [2.24, 2.45) is 0 Å². The maximum atomic E-state index is 13.6. The van der Waals surface area contributed by atoms with Crippen molar-refractivity contribution in [3.8, 4) is 0 Å². The predicted octanol–water partition coefficient (Wildman–Crippen LogP) is 4.75. The third-order valence-corrected chi connectivity index (χ3v) is 3.57. The molecule has 0 spiro atoms. The van der Waals surface area contributed by atoms with Crippen LogP contribution < -0.4 is 5.32 Å². The zero-order valence-corrected chi connectivity index (χ0v) is 12.2. The van der Waals surface area contributed by atoms with Crippen molar-refractivity contribution >= 4 is 32.5 Å². The van der Waals surface area contributed by atoms with Crippen molar-refractivity contribution in [2.45, 2.75) is 6.54 Å². The first-order valence-electron chi connectivity index (χ1n) is 6.25. The summed E-state index contributed by atoms with van der Waals surface area (Å²) in [5.74, 6) is -0.254. The minimum atomic E-state index is -0.254. The van der Waals surface area contributed by atoms with Gasteiger partial charge in [0.1, 0.15) is 5.82 Å².